The first kappa shape index (κ1) is 17.1. The van der Waals surface area contributed by atoms with Gasteiger partial charge in [-0.15, -0.1) is 5.10 Å². The predicted octanol–water partition coefficient (Wildman–Crippen LogP) is 3.18. The number of halogens is 1. The summed E-state index contributed by atoms with van der Waals surface area (Å²) in [7, 11) is 1.62. The second-order valence-corrected chi connectivity index (χ2v) is 6.68. The molecule has 0 radical (unpaired) electrons. The van der Waals surface area contributed by atoms with Crippen molar-refractivity contribution in [1.29, 1.82) is 0 Å². The molecule has 0 aliphatic rings. The lowest BCUT2D eigenvalue weighted by Gasteiger charge is -2.02. The first-order valence-corrected chi connectivity index (χ1v) is 8.94. The average molecular weight is 379 g/mol. The topological polar surface area (TPSA) is 56.5 Å². The Morgan fingerprint density at radius 3 is 2.67 bits per heavy atom. The van der Waals surface area contributed by atoms with E-state index < -0.39 is 0 Å². The molecule has 0 atom stereocenters. The maximum atomic E-state index is 13.0. The second kappa shape index (κ2) is 7.13. The summed E-state index contributed by atoms with van der Waals surface area (Å²) < 4.78 is 20.1. The molecule has 134 valence electrons. The maximum Gasteiger partial charge on any atom is 0.291 e. The van der Waals surface area contributed by atoms with Crippen LogP contribution in [0.25, 0.3) is 28.5 Å². The third-order valence-corrected chi connectivity index (χ3v) is 4.92. The number of ether oxygens (including phenoxy) is 1. The molecule has 2 aromatic carbocycles. The van der Waals surface area contributed by atoms with E-state index in [1.54, 1.807) is 31.4 Å². The smallest absolute Gasteiger partial charge is 0.291 e. The number of para-hydroxylation sites is 1. The third-order valence-electron chi connectivity index (χ3n) is 3.95. The highest BCUT2D eigenvalue weighted by Crippen LogP contribution is 2.19. The van der Waals surface area contributed by atoms with E-state index in [0.717, 1.165) is 11.3 Å². The van der Waals surface area contributed by atoms with Crippen molar-refractivity contribution in [2.45, 2.75) is 0 Å². The van der Waals surface area contributed by atoms with Crippen LogP contribution < -0.4 is 14.8 Å². The molecule has 2 heterocycles. The Morgan fingerprint density at radius 2 is 1.93 bits per heavy atom. The van der Waals surface area contributed by atoms with Crippen LogP contribution >= 0.6 is 11.3 Å². The average Bonchev–Trinajstić information content (AvgIpc) is 3.22. The summed E-state index contributed by atoms with van der Waals surface area (Å²) in [6.45, 7) is 0. The fourth-order valence-corrected chi connectivity index (χ4v) is 3.47. The lowest BCUT2D eigenvalue weighted by molar-refractivity contribution is 0.414. The van der Waals surface area contributed by atoms with Gasteiger partial charge < -0.3 is 4.74 Å². The van der Waals surface area contributed by atoms with Crippen LogP contribution in [0.2, 0.25) is 0 Å². The molecular formula is C20H14FN3O2S. The van der Waals surface area contributed by atoms with Crippen molar-refractivity contribution in [1.82, 2.24) is 14.6 Å². The van der Waals surface area contributed by atoms with Crippen molar-refractivity contribution >= 4 is 28.4 Å². The molecule has 0 saturated heterocycles. The first-order chi connectivity index (χ1) is 13.2. The van der Waals surface area contributed by atoms with Gasteiger partial charge >= 0.3 is 0 Å². The molecule has 0 aliphatic carbocycles. The summed E-state index contributed by atoms with van der Waals surface area (Å²) in [5.41, 5.74) is 1.34. The third kappa shape index (κ3) is 3.37. The number of aromatic nitrogens is 3. The van der Waals surface area contributed by atoms with E-state index in [1.165, 1.54) is 28.0 Å². The Bertz CT molecular complexity index is 1240. The van der Waals surface area contributed by atoms with Crippen LogP contribution in [0.5, 0.6) is 5.75 Å². The quantitative estimate of drug-likeness (QED) is 0.547. The lowest BCUT2D eigenvalue weighted by Crippen LogP contribution is -2.23. The van der Waals surface area contributed by atoms with E-state index in [1.807, 2.05) is 30.3 Å². The molecule has 0 aliphatic heterocycles. The highest BCUT2D eigenvalue weighted by atomic mass is 32.1. The van der Waals surface area contributed by atoms with Gasteiger partial charge in [-0.05, 0) is 36.4 Å². The van der Waals surface area contributed by atoms with E-state index in [2.05, 4.69) is 10.1 Å². The van der Waals surface area contributed by atoms with Crippen LogP contribution in [-0.2, 0) is 0 Å². The summed E-state index contributed by atoms with van der Waals surface area (Å²) >= 11 is 1.25. The SMILES string of the molecule is COc1ccccc1C=CC=c1sc2nc(-c3ccc(F)cc3)nn2c1=O. The van der Waals surface area contributed by atoms with Crippen molar-refractivity contribution < 1.29 is 9.13 Å². The highest BCUT2D eigenvalue weighted by Gasteiger charge is 2.11. The molecule has 0 unspecified atom stereocenters. The van der Waals surface area contributed by atoms with E-state index >= 15 is 0 Å². The van der Waals surface area contributed by atoms with Crippen LogP contribution in [0.4, 0.5) is 4.39 Å². The molecule has 0 bridgehead atoms. The van der Waals surface area contributed by atoms with Crippen molar-refractivity contribution in [3.05, 3.63) is 80.9 Å². The minimum absolute atomic E-state index is 0.236. The summed E-state index contributed by atoms with van der Waals surface area (Å²) in [5.74, 6) is 0.827. The highest BCUT2D eigenvalue weighted by molar-refractivity contribution is 7.15. The van der Waals surface area contributed by atoms with Crippen molar-refractivity contribution in [2.24, 2.45) is 0 Å². The molecule has 0 saturated carbocycles. The molecule has 0 fully saturated rings. The van der Waals surface area contributed by atoms with E-state index in [4.69, 9.17) is 4.74 Å². The van der Waals surface area contributed by atoms with Crippen LogP contribution in [-0.4, -0.2) is 21.7 Å². The van der Waals surface area contributed by atoms with E-state index in [0.29, 0.717) is 20.9 Å². The number of benzene rings is 2. The summed E-state index contributed by atoms with van der Waals surface area (Å²) in [6, 6.07) is 13.5. The molecule has 5 nitrogen and oxygen atoms in total. The zero-order valence-electron chi connectivity index (χ0n) is 14.3. The van der Waals surface area contributed by atoms with Gasteiger partial charge in [-0.25, -0.2) is 4.39 Å². The van der Waals surface area contributed by atoms with Crippen LogP contribution in [0.1, 0.15) is 5.56 Å². The standard InChI is InChI=1S/C20H14FN3O2S/c1-26-16-7-3-2-5-13(16)6-4-8-17-19(25)24-20(27-17)22-18(23-24)14-9-11-15(21)12-10-14/h2-12H,1H3. The van der Waals surface area contributed by atoms with Gasteiger partial charge in [0.2, 0.25) is 4.96 Å². The number of nitrogens with zero attached hydrogens (tertiary/aromatic N) is 3. The Kier molecular flexibility index (Phi) is 4.52. The van der Waals surface area contributed by atoms with Crippen LogP contribution in [0.15, 0.2) is 59.4 Å². The lowest BCUT2D eigenvalue weighted by atomic mass is 10.2. The number of hydrogen-bond acceptors (Lipinski definition) is 5. The van der Waals surface area contributed by atoms with Crippen LogP contribution in [0.3, 0.4) is 0 Å². The number of thiazole rings is 1. The fraction of sp³-hybridized carbons (Fsp3) is 0.0500. The minimum atomic E-state index is -0.331. The Hall–Kier alpha value is -3.32. The predicted molar refractivity (Wildman–Crippen MR) is 104 cm³/mol. The molecular weight excluding hydrogens is 365 g/mol. The molecule has 4 aromatic rings. The normalized spacial score (nSPS) is 12.3. The fourth-order valence-electron chi connectivity index (χ4n) is 2.61. The molecule has 2 aromatic heterocycles. The van der Waals surface area contributed by atoms with E-state index in [-0.39, 0.29) is 11.4 Å². The summed E-state index contributed by atoms with van der Waals surface area (Å²) in [5, 5.41) is 4.24. The van der Waals surface area contributed by atoms with Crippen molar-refractivity contribution in [3.8, 4) is 17.1 Å². The Morgan fingerprint density at radius 1 is 1.15 bits per heavy atom. The van der Waals surface area contributed by atoms with Gasteiger partial charge in [-0.3, -0.25) is 4.79 Å². The summed E-state index contributed by atoms with van der Waals surface area (Å²) in [6.07, 6.45) is 5.40. The van der Waals surface area contributed by atoms with Gasteiger partial charge in [0, 0.05) is 11.1 Å². The van der Waals surface area contributed by atoms with Gasteiger partial charge in [0.1, 0.15) is 11.6 Å². The number of hydrogen-bond donors (Lipinski definition) is 0. The van der Waals surface area contributed by atoms with Crippen molar-refractivity contribution in [2.75, 3.05) is 7.11 Å². The second-order valence-electron chi connectivity index (χ2n) is 5.68. The van der Waals surface area contributed by atoms with Gasteiger partial charge in [0.25, 0.3) is 5.56 Å². The number of methoxy groups -OCH3 is 1. The first-order valence-electron chi connectivity index (χ1n) is 8.12. The zero-order chi connectivity index (χ0) is 18.8. The van der Waals surface area contributed by atoms with E-state index in [9.17, 15) is 9.18 Å². The largest absolute Gasteiger partial charge is 0.496 e. The number of allylic oxidation sites excluding steroid dienone is 1. The van der Waals surface area contributed by atoms with Gasteiger partial charge in [0.05, 0.1) is 11.6 Å². The summed E-state index contributed by atoms with van der Waals surface area (Å²) in [4.78, 5) is 17.4. The number of fused-ring (bicyclic) bond motifs is 1. The maximum absolute atomic E-state index is 13.0. The van der Waals surface area contributed by atoms with Gasteiger partial charge in [-0.2, -0.15) is 9.50 Å². The Labute approximate surface area is 157 Å². The molecule has 7 heteroatoms. The molecule has 0 amide bonds. The minimum Gasteiger partial charge on any atom is -0.496 e. The molecule has 4 rings (SSSR count). The molecule has 27 heavy (non-hydrogen) atoms. The Balaban J connectivity index is 1.67. The van der Waals surface area contributed by atoms with Gasteiger partial charge in [0.15, 0.2) is 5.82 Å². The van der Waals surface area contributed by atoms with Crippen LogP contribution in [0, 0.1) is 5.82 Å². The number of rotatable bonds is 4. The monoisotopic (exact) mass is 379 g/mol. The molecule has 0 spiro atoms. The zero-order valence-corrected chi connectivity index (χ0v) is 15.1. The van der Waals surface area contributed by atoms with Gasteiger partial charge in [-0.1, -0.05) is 41.7 Å². The molecule has 0 N–H and O–H groups in total. The van der Waals surface area contributed by atoms with Crippen molar-refractivity contribution in [3.63, 3.8) is 0 Å².